The summed E-state index contributed by atoms with van der Waals surface area (Å²) in [5.74, 6) is 0.652. The molecule has 0 atom stereocenters. The Morgan fingerprint density at radius 3 is 2.64 bits per heavy atom. The predicted molar refractivity (Wildman–Crippen MR) is 94.3 cm³/mol. The van der Waals surface area contributed by atoms with Crippen LogP contribution in [0.15, 0.2) is 36.8 Å². The third-order valence-corrected chi connectivity index (χ3v) is 5.85. The summed E-state index contributed by atoms with van der Waals surface area (Å²) < 4.78 is 24.8. The van der Waals surface area contributed by atoms with Crippen molar-refractivity contribution >= 4 is 21.6 Å². The van der Waals surface area contributed by atoms with Crippen molar-refractivity contribution in [2.75, 3.05) is 43.1 Å². The molecule has 9 heteroatoms. The smallest absolute Gasteiger partial charge is 0.255 e. The average molecular weight is 363 g/mol. The molecule has 1 aliphatic rings. The molecule has 1 aliphatic heterocycles. The Hall–Kier alpha value is -2.42. The van der Waals surface area contributed by atoms with E-state index in [0.29, 0.717) is 5.56 Å². The van der Waals surface area contributed by atoms with Gasteiger partial charge in [0.15, 0.2) is 9.84 Å². The third-order valence-electron chi connectivity index (χ3n) is 4.24. The van der Waals surface area contributed by atoms with E-state index in [1.165, 1.54) is 0 Å². The van der Waals surface area contributed by atoms with Crippen LogP contribution in [0, 0.1) is 0 Å². The van der Waals surface area contributed by atoms with Crippen LogP contribution >= 0.6 is 0 Å². The molecule has 2 aromatic heterocycles. The number of carbonyl (C=O) groups excluding carboxylic acids is 1. The molecule has 0 radical (unpaired) electrons. The fourth-order valence-electron chi connectivity index (χ4n) is 2.64. The topological polar surface area (TPSA) is 88.4 Å². The molecule has 1 saturated heterocycles. The highest BCUT2D eigenvalue weighted by Gasteiger charge is 2.25. The standard InChI is InChI=1S/C16H21N5O3S/c1-19(7-8-21-6-2-5-18-21)15-4-3-14(13-17-15)16(22)20-9-11-25(23,24)12-10-20/h2-6,13H,7-12H2,1H3. The van der Waals surface area contributed by atoms with E-state index in [1.54, 1.807) is 29.4 Å². The van der Waals surface area contributed by atoms with Gasteiger partial charge in [0.25, 0.3) is 5.91 Å². The molecule has 0 saturated carbocycles. The first kappa shape index (κ1) is 17.4. The summed E-state index contributed by atoms with van der Waals surface area (Å²) in [5, 5.41) is 4.16. The molecule has 134 valence electrons. The number of hydrogen-bond donors (Lipinski definition) is 0. The lowest BCUT2D eigenvalue weighted by Gasteiger charge is -2.26. The Bertz CT molecular complexity index is 804. The zero-order valence-corrected chi connectivity index (χ0v) is 14.9. The highest BCUT2D eigenvalue weighted by atomic mass is 32.2. The van der Waals surface area contributed by atoms with Crippen LogP contribution in [0.2, 0.25) is 0 Å². The summed E-state index contributed by atoms with van der Waals surface area (Å²) in [4.78, 5) is 20.4. The number of sulfone groups is 1. The van der Waals surface area contributed by atoms with Gasteiger partial charge in [0.05, 0.1) is 23.6 Å². The SMILES string of the molecule is CN(CCn1cccn1)c1ccc(C(=O)N2CCS(=O)(=O)CC2)cn1. The lowest BCUT2D eigenvalue weighted by atomic mass is 10.2. The molecule has 1 amide bonds. The number of rotatable bonds is 5. The second-order valence-corrected chi connectivity index (χ2v) is 8.34. The van der Waals surface area contributed by atoms with Crippen LogP contribution in [-0.4, -0.2) is 72.2 Å². The van der Waals surface area contributed by atoms with Gasteiger partial charge in [-0.15, -0.1) is 0 Å². The van der Waals surface area contributed by atoms with Gasteiger partial charge < -0.3 is 9.80 Å². The van der Waals surface area contributed by atoms with Crippen molar-refractivity contribution in [3.05, 3.63) is 42.4 Å². The Morgan fingerprint density at radius 1 is 1.28 bits per heavy atom. The minimum absolute atomic E-state index is 0.0282. The Morgan fingerprint density at radius 2 is 2.04 bits per heavy atom. The van der Waals surface area contributed by atoms with E-state index in [0.717, 1.165) is 18.9 Å². The van der Waals surface area contributed by atoms with E-state index < -0.39 is 9.84 Å². The van der Waals surface area contributed by atoms with Crippen molar-refractivity contribution in [2.24, 2.45) is 0 Å². The van der Waals surface area contributed by atoms with Crippen LogP contribution in [0.4, 0.5) is 5.82 Å². The molecule has 0 aromatic carbocycles. The lowest BCUT2D eigenvalue weighted by Crippen LogP contribution is -2.43. The van der Waals surface area contributed by atoms with Crippen LogP contribution in [-0.2, 0) is 16.4 Å². The minimum Gasteiger partial charge on any atom is -0.358 e. The van der Waals surface area contributed by atoms with E-state index in [-0.39, 0.29) is 30.5 Å². The number of likely N-dealkylation sites (N-methyl/N-ethyl adjacent to an activating group) is 1. The summed E-state index contributed by atoms with van der Waals surface area (Å²) in [6.07, 6.45) is 5.19. The second kappa shape index (κ2) is 7.22. The van der Waals surface area contributed by atoms with Gasteiger partial charge in [0, 0.05) is 45.3 Å². The molecule has 0 bridgehead atoms. The number of amides is 1. The number of aromatic nitrogens is 3. The Labute approximate surface area is 147 Å². The number of nitrogens with zero attached hydrogens (tertiary/aromatic N) is 5. The number of hydrogen-bond acceptors (Lipinski definition) is 6. The molecule has 1 fully saturated rings. The van der Waals surface area contributed by atoms with Gasteiger partial charge in [-0.05, 0) is 18.2 Å². The summed E-state index contributed by atoms with van der Waals surface area (Å²) in [5.41, 5.74) is 0.475. The maximum Gasteiger partial charge on any atom is 0.255 e. The van der Waals surface area contributed by atoms with Gasteiger partial charge in [0.1, 0.15) is 5.82 Å². The van der Waals surface area contributed by atoms with Gasteiger partial charge in [-0.25, -0.2) is 13.4 Å². The predicted octanol–water partition coefficient (Wildman–Crippen LogP) is 0.285. The molecule has 3 rings (SSSR count). The van der Waals surface area contributed by atoms with Gasteiger partial charge in [-0.2, -0.15) is 5.10 Å². The summed E-state index contributed by atoms with van der Waals surface area (Å²) in [6.45, 7) is 1.97. The minimum atomic E-state index is -3.00. The molecule has 0 N–H and O–H groups in total. The molecule has 0 unspecified atom stereocenters. The highest BCUT2D eigenvalue weighted by Crippen LogP contribution is 2.13. The monoisotopic (exact) mass is 363 g/mol. The fraction of sp³-hybridized carbons (Fsp3) is 0.438. The molecule has 8 nitrogen and oxygen atoms in total. The average Bonchev–Trinajstić information content (AvgIpc) is 3.13. The molecule has 25 heavy (non-hydrogen) atoms. The van der Waals surface area contributed by atoms with E-state index in [2.05, 4.69) is 10.1 Å². The van der Waals surface area contributed by atoms with Crippen LogP contribution in [0.3, 0.4) is 0 Å². The molecular formula is C16H21N5O3S. The van der Waals surface area contributed by atoms with Gasteiger partial charge in [0.2, 0.25) is 0 Å². The molecular weight excluding hydrogens is 342 g/mol. The second-order valence-electron chi connectivity index (χ2n) is 6.04. The van der Waals surface area contributed by atoms with Crippen molar-refractivity contribution < 1.29 is 13.2 Å². The van der Waals surface area contributed by atoms with E-state index in [4.69, 9.17) is 0 Å². The molecule has 3 heterocycles. The quantitative estimate of drug-likeness (QED) is 0.758. The van der Waals surface area contributed by atoms with Crippen molar-refractivity contribution in [1.29, 1.82) is 0 Å². The Kier molecular flexibility index (Phi) is 5.03. The van der Waals surface area contributed by atoms with Crippen LogP contribution in [0.1, 0.15) is 10.4 Å². The van der Waals surface area contributed by atoms with Crippen LogP contribution in [0.25, 0.3) is 0 Å². The largest absolute Gasteiger partial charge is 0.358 e. The first-order valence-electron chi connectivity index (χ1n) is 8.09. The Balaban J connectivity index is 1.58. The van der Waals surface area contributed by atoms with Gasteiger partial charge in [-0.3, -0.25) is 9.48 Å². The highest BCUT2D eigenvalue weighted by molar-refractivity contribution is 7.91. The third kappa shape index (κ3) is 4.36. The van der Waals surface area contributed by atoms with Gasteiger partial charge >= 0.3 is 0 Å². The van der Waals surface area contributed by atoms with Gasteiger partial charge in [-0.1, -0.05) is 0 Å². The molecule has 0 aliphatic carbocycles. The molecule has 0 spiro atoms. The van der Waals surface area contributed by atoms with Crippen molar-refractivity contribution in [2.45, 2.75) is 6.54 Å². The van der Waals surface area contributed by atoms with Crippen LogP contribution in [0.5, 0.6) is 0 Å². The maximum atomic E-state index is 12.4. The van der Waals surface area contributed by atoms with Crippen molar-refractivity contribution in [3.63, 3.8) is 0 Å². The van der Waals surface area contributed by atoms with Crippen molar-refractivity contribution in [1.82, 2.24) is 19.7 Å². The first-order valence-corrected chi connectivity index (χ1v) is 9.91. The van der Waals surface area contributed by atoms with Crippen molar-refractivity contribution in [3.8, 4) is 0 Å². The maximum absolute atomic E-state index is 12.4. The van der Waals surface area contributed by atoms with E-state index in [9.17, 15) is 13.2 Å². The first-order chi connectivity index (χ1) is 11.9. The zero-order chi connectivity index (χ0) is 17.9. The van der Waals surface area contributed by atoms with E-state index >= 15 is 0 Å². The zero-order valence-electron chi connectivity index (χ0n) is 14.1. The summed E-state index contributed by atoms with van der Waals surface area (Å²) in [7, 11) is -1.06. The van der Waals surface area contributed by atoms with E-state index in [1.807, 2.05) is 28.9 Å². The van der Waals surface area contributed by atoms with Crippen LogP contribution < -0.4 is 4.90 Å². The number of carbonyl (C=O) groups is 1. The summed E-state index contributed by atoms with van der Waals surface area (Å²) in [6, 6.07) is 5.42. The number of pyridine rings is 1. The number of anilines is 1. The lowest BCUT2D eigenvalue weighted by molar-refractivity contribution is 0.0770. The fourth-order valence-corrected chi connectivity index (χ4v) is 3.84. The normalized spacial score (nSPS) is 16.6. The summed E-state index contributed by atoms with van der Waals surface area (Å²) >= 11 is 0. The molecule has 2 aromatic rings.